The van der Waals surface area contributed by atoms with Gasteiger partial charge in [0.15, 0.2) is 0 Å². The van der Waals surface area contributed by atoms with Crippen molar-refractivity contribution in [2.45, 2.75) is 24.4 Å². The maximum Gasteiger partial charge on any atom is 0.113 e. The second-order valence-electron chi connectivity index (χ2n) is 3.50. The molecule has 1 aliphatic carbocycles. The average Bonchev–Trinajstić information content (AvgIpc) is 2.23. The van der Waals surface area contributed by atoms with Gasteiger partial charge in [-0.1, -0.05) is 24.3 Å². The van der Waals surface area contributed by atoms with E-state index < -0.39 is 24.4 Å². The normalized spacial score (nSPS) is 36.6. The van der Waals surface area contributed by atoms with E-state index in [1.807, 2.05) is 0 Å². The Morgan fingerprint density at radius 3 is 1.43 bits per heavy atom. The lowest BCUT2D eigenvalue weighted by Crippen LogP contribution is -2.41. The molecule has 0 saturated carbocycles. The van der Waals surface area contributed by atoms with Gasteiger partial charge in [0.2, 0.25) is 0 Å². The third-order valence-electron chi connectivity index (χ3n) is 2.63. The third kappa shape index (κ3) is 1.24. The van der Waals surface area contributed by atoms with Crippen LogP contribution in [0.4, 0.5) is 0 Å². The van der Waals surface area contributed by atoms with E-state index >= 15 is 0 Å². The maximum absolute atomic E-state index is 9.60. The van der Waals surface area contributed by atoms with Crippen molar-refractivity contribution in [2.24, 2.45) is 0 Å². The second kappa shape index (κ2) is 3.33. The van der Waals surface area contributed by atoms with Crippen molar-refractivity contribution < 1.29 is 20.4 Å². The molecule has 4 N–H and O–H groups in total. The molecule has 4 heteroatoms. The topological polar surface area (TPSA) is 80.9 Å². The summed E-state index contributed by atoms with van der Waals surface area (Å²) >= 11 is 0. The first kappa shape index (κ1) is 9.61. The van der Waals surface area contributed by atoms with Crippen molar-refractivity contribution in [2.75, 3.05) is 0 Å². The van der Waals surface area contributed by atoms with Crippen molar-refractivity contribution in [3.63, 3.8) is 0 Å². The summed E-state index contributed by atoms with van der Waals surface area (Å²) in [4.78, 5) is 0. The monoisotopic (exact) mass is 196 g/mol. The highest BCUT2D eigenvalue weighted by Gasteiger charge is 2.39. The number of rotatable bonds is 0. The van der Waals surface area contributed by atoms with Gasteiger partial charge in [0.25, 0.3) is 0 Å². The minimum absolute atomic E-state index is 0.470. The summed E-state index contributed by atoms with van der Waals surface area (Å²) in [6.07, 6.45) is -4.94. The first-order chi connectivity index (χ1) is 6.63. The Hall–Kier alpha value is -0.940. The summed E-state index contributed by atoms with van der Waals surface area (Å²) in [5, 5.41) is 38.0. The molecule has 0 aliphatic heterocycles. The van der Waals surface area contributed by atoms with Crippen molar-refractivity contribution in [1.82, 2.24) is 0 Å². The highest BCUT2D eigenvalue weighted by molar-refractivity contribution is 5.35. The lowest BCUT2D eigenvalue weighted by atomic mass is 9.83. The molecule has 0 unspecified atom stereocenters. The van der Waals surface area contributed by atoms with Crippen LogP contribution in [0.25, 0.3) is 0 Å². The minimum Gasteiger partial charge on any atom is -0.387 e. The Kier molecular flexibility index (Phi) is 2.28. The number of aliphatic hydroxyl groups is 4. The lowest BCUT2D eigenvalue weighted by Gasteiger charge is -2.34. The Bertz CT molecular complexity index is 306. The van der Waals surface area contributed by atoms with E-state index in [1.165, 1.54) is 0 Å². The van der Waals surface area contributed by atoms with Crippen LogP contribution in [-0.4, -0.2) is 32.6 Å². The van der Waals surface area contributed by atoms with Gasteiger partial charge in [0.1, 0.15) is 24.4 Å². The van der Waals surface area contributed by atoms with Crippen LogP contribution in [-0.2, 0) is 0 Å². The molecule has 0 heterocycles. The van der Waals surface area contributed by atoms with E-state index in [4.69, 9.17) is 0 Å². The molecule has 0 bridgehead atoms. The fraction of sp³-hybridized carbons (Fsp3) is 0.400. The summed E-state index contributed by atoms with van der Waals surface area (Å²) in [5.74, 6) is 0. The smallest absolute Gasteiger partial charge is 0.113 e. The first-order valence-corrected chi connectivity index (χ1v) is 4.44. The molecule has 1 aromatic carbocycles. The van der Waals surface area contributed by atoms with Crippen LogP contribution in [0.2, 0.25) is 0 Å². The lowest BCUT2D eigenvalue weighted by molar-refractivity contribution is -0.120. The predicted octanol–water partition coefficient (Wildman–Crippen LogP) is -0.511. The Labute approximate surface area is 81.1 Å². The molecule has 4 nitrogen and oxygen atoms in total. The van der Waals surface area contributed by atoms with E-state index in [-0.39, 0.29) is 0 Å². The summed E-state index contributed by atoms with van der Waals surface area (Å²) < 4.78 is 0. The maximum atomic E-state index is 9.60. The van der Waals surface area contributed by atoms with E-state index in [1.54, 1.807) is 24.3 Å². The molecule has 2 rings (SSSR count). The molecule has 0 amide bonds. The van der Waals surface area contributed by atoms with Gasteiger partial charge in [0.05, 0.1) is 0 Å². The molecule has 1 aliphatic rings. The van der Waals surface area contributed by atoms with Crippen LogP contribution in [0.1, 0.15) is 23.3 Å². The second-order valence-corrected chi connectivity index (χ2v) is 3.50. The fourth-order valence-electron chi connectivity index (χ4n) is 1.79. The zero-order chi connectivity index (χ0) is 10.3. The van der Waals surface area contributed by atoms with Gasteiger partial charge in [-0.25, -0.2) is 0 Å². The molecule has 1 aromatic rings. The first-order valence-electron chi connectivity index (χ1n) is 4.44. The Morgan fingerprint density at radius 1 is 0.714 bits per heavy atom. The van der Waals surface area contributed by atoms with Crippen LogP contribution in [0, 0.1) is 0 Å². The molecule has 0 fully saturated rings. The third-order valence-corrected chi connectivity index (χ3v) is 2.63. The zero-order valence-corrected chi connectivity index (χ0v) is 7.41. The van der Waals surface area contributed by atoms with Crippen LogP contribution in [0.5, 0.6) is 0 Å². The molecule has 0 saturated heterocycles. The van der Waals surface area contributed by atoms with Crippen molar-refractivity contribution >= 4 is 0 Å². The fourth-order valence-corrected chi connectivity index (χ4v) is 1.79. The van der Waals surface area contributed by atoms with Gasteiger partial charge >= 0.3 is 0 Å². The molecule has 14 heavy (non-hydrogen) atoms. The van der Waals surface area contributed by atoms with Gasteiger partial charge < -0.3 is 20.4 Å². The van der Waals surface area contributed by atoms with Gasteiger partial charge in [-0.3, -0.25) is 0 Å². The zero-order valence-electron chi connectivity index (χ0n) is 7.41. The molecule has 0 aromatic heterocycles. The van der Waals surface area contributed by atoms with Crippen molar-refractivity contribution in [1.29, 1.82) is 0 Å². The minimum atomic E-state index is -1.33. The average molecular weight is 196 g/mol. The largest absolute Gasteiger partial charge is 0.387 e. The highest BCUT2D eigenvalue weighted by Crippen LogP contribution is 2.36. The van der Waals surface area contributed by atoms with E-state index in [0.29, 0.717) is 11.1 Å². The van der Waals surface area contributed by atoms with E-state index in [9.17, 15) is 20.4 Å². The molecule has 76 valence electrons. The Morgan fingerprint density at radius 2 is 1.07 bits per heavy atom. The van der Waals surface area contributed by atoms with Crippen molar-refractivity contribution in [3.8, 4) is 0 Å². The number of fused-ring (bicyclic) bond motifs is 1. The number of aliphatic hydroxyl groups excluding tert-OH is 4. The van der Waals surface area contributed by atoms with Crippen molar-refractivity contribution in [3.05, 3.63) is 35.4 Å². The van der Waals surface area contributed by atoms with E-state index in [2.05, 4.69) is 0 Å². The van der Waals surface area contributed by atoms with Gasteiger partial charge in [0, 0.05) is 0 Å². The molecular formula is C10H12O4. The predicted molar refractivity (Wildman–Crippen MR) is 48.4 cm³/mol. The van der Waals surface area contributed by atoms with Gasteiger partial charge in [-0.15, -0.1) is 0 Å². The van der Waals surface area contributed by atoms with Gasteiger partial charge in [-0.05, 0) is 11.1 Å². The standard InChI is InChI=1S/C10H12O4/c11-7-5-3-1-2-4-6(5)8(12)10(14)9(7)13/h1-4,7-14H/t7-,8-,9+,10+/m1/s1. The van der Waals surface area contributed by atoms with Crippen LogP contribution in [0.15, 0.2) is 24.3 Å². The number of benzene rings is 1. The molecule has 4 atom stereocenters. The molecular weight excluding hydrogens is 184 g/mol. The summed E-state index contributed by atoms with van der Waals surface area (Å²) in [7, 11) is 0. The van der Waals surface area contributed by atoms with Crippen LogP contribution >= 0.6 is 0 Å². The van der Waals surface area contributed by atoms with Crippen LogP contribution < -0.4 is 0 Å². The number of hydrogen-bond donors (Lipinski definition) is 4. The summed E-state index contributed by atoms with van der Waals surface area (Å²) in [5.41, 5.74) is 0.940. The van der Waals surface area contributed by atoms with Gasteiger partial charge in [-0.2, -0.15) is 0 Å². The highest BCUT2D eigenvalue weighted by atomic mass is 16.4. The van der Waals surface area contributed by atoms with E-state index in [0.717, 1.165) is 0 Å². The summed E-state index contributed by atoms with van der Waals surface area (Å²) in [6, 6.07) is 6.66. The summed E-state index contributed by atoms with van der Waals surface area (Å²) in [6.45, 7) is 0. The number of hydrogen-bond acceptors (Lipinski definition) is 4. The Balaban J connectivity index is 2.51. The molecule has 0 radical (unpaired) electrons. The molecule has 0 spiro atoms. The quantitative estimate of drug-likeness (QED) is 0.450. The van der Waals surface area contributed by atoms with Crippen LogP contribution in [0.3, 0.4) is 0 Å². The SMILES string of the molecule is O[C@@H]1[C@@H](O)[C@H](O)c2ccccc2[C@H]1O.